The molecule has 3 fully saturated rings. The van der Waals surface area contributed by atoms with E-state index < -0.39 is 29.2 Å². The second-order valence-electron chi connectivity index (χ2n) is 12.2. The van der Waals surface area contributed by atoms with E-state index in [-0.39, 0.29) is 17.3 Å². The third-order valence-corrected chi connectivity index (χ3v) is 10.2. The lowest BCUT2D eigenvalue weighted by atomic mass is 9.48. The zero-order valence-electron chi connectivity index (χ0n) is 20.5. The summed E-state index contributed by atoms with van der Waals surface area (Å²) in [4.78, 5) is 24.8. The average Bonchev–Trinajstić information content (AvgIpc) is 3.03. The van der Waals surface area contributed by atoms with Gasteiger partial charge in [-0.2, -0.15) is 0 Å². The van der Waals surface area contributed by atoms with Crippen LogP contribution in [0.1, 0.15) is 105 Å². The lowest BCUT2D eigenvalue weighted by molar-refractivity contribution is -0.168. The van der Waals surface area contributed by atoms with E-state index in [4.69, 9.17) is 0 Å². The summed E-state index contributed by atoms with van der Waals surface area (Å²) in [5.74, 6) is -0.0362. The van der Waals surface area contributed by atoms with Crippen LogP contribution in [0.15, 0.2) is 0 Å². The summed E-state index contributed by atoms with van der Waals surface area (Å²) in [6, 6.07) is 0. The fourth-order valence-corrected chi connectivity index (χ4v) is 8.46. The van der Waals surface area contributed by atoms with Gasteiger partial charge in [0.05, 0.1) is 11.8 Å². The predicted molar refractivity (Wildman–Crippen MR) is 124 cm³/mol. The fourth-order valence-electron chi connectivity index (χ4n) is 8.46. The Morgan fingerprint density at radius 2 is 1.52 bits per heavy atom. The lowest BCUT2D eigenvalue weighted by Crippen LogP contribution is -2.53. The summed E-state index contributed by atoms with van der Waals surface area (Å²) in [5, 5.41) is 20.4. The van der Waals surface area contributed by atoms with E-state index in [1.165, 1.54) is 19.3 Å². The van der Waals surface area contributed by atoms with Crippen LogP contribution in [0, 0.1) is 52.3 Å². The second kappa shape index (κ2) is 9.43. The summed E-state index contributed by atoms with van der Waals surface area (Å²) in [6.07, 6.45) is 11.4. The zero-order chi connectivity index (χ0) is 23.0. The van der Waals surface area contributed by atoms with E-state index in [0.29, 0.717) is 18.3 Å². The largest absolute Gasteiger partial charge is 0.481 e. The number of rotatable bonds is 8. The van der Waals surface area contributed by atoms with E-state index in [1.807, 2.05) is 0 Å². The van der Waals surface area contributed by atoms with Gasteiger partial charge in [-0.15, -0.1) is 0 Å². The van der Waals surface area contributed by atoms with Gasteiger partial charge in [0.15, 0.2) is 0 Å². The smallest absolute Gasteiger partial charge is 0.307 e. The molecule has 3 rings (SSSR count). The van der Waals surface area contributed by atoms with Crippen LogP contribution < -0.4 is 0 Å². The maximum absolute atomic E-state index is 12.7. The average molecular weight is 435 g/mol. The van der Waals surface area contributed by atoms with Crippen molar-refractivity contribution in [3.63, 3.8) is 0 Å². The van der Waals surface area contributed by atoms with Gasteiger partial charge in [-0.05, 0) is 78.9 Å². The Morgan fingerprint density at radius 3 is 2.13 bits per heavy atom. The minimum atomic E-state index is -0.720. The third-order valence-electron chi connectivity index (χ3n) is 10.2. The molecule has 0 heterocycles. The SMILES string of the molecule is CC(C)CCCC(C)C1CCC2C(C(=O)O)C(C3(C)CCCCC3C(=O)O)CCC12C. The number of carbonyl (C=O) groups is 2. The quantitative estimate of drug-likeness (QED) is 0.437. The molecule has 0 spiro atoms. The molecule has 0 amide bonds. The highest BCUT2D eigenvalue weighted by Gasteiger charge is 2.61. The van der Waals surface area contributed by atoms with E-state index in [0.717, 1.165) is 50.9 Å². The molecular formula is C27H46O4. The summed E-state index contributed by atoms with van der Waals surface area (Å²) >= 11 is 0. The molecule has 31 heavy (non-hydrogen) atoms. The van der Waals surface area contributed by atoms with E-state index in [2.05, 4.69) is 34.6 Å². The van der Waals surface area contributed by atoms with Crippen molar-refractivity contribution in [1.82, 2.24) is 0 Å². The van der Waals surface area contributed by atoms with Gasteiger partial charge in [0.1, 0.15) is 0 Å². The summed E-state index contributed by atoms with van der Waals surface area (Å²) < 4.78 is 0. The maximum Gasteiger partial charge on any atom is 0.307 e. The normalized spacial score (nSPS) is 41.7. The van der Waals surface area contributed by atoms with Crippen LogP contribution in [0.3, 0.4) is 0 Å². The predicted octanol–water partition coefficient (Wildman–Crippen LogP) is 6.87. The number of hydrogen-bond acceptors (Lipinski definition) is 2. The Bertz CT molecular complexity index is 658. The molecule has 4 nitrogen and oxygen atoms in total. The first-order chi connectivity index (χ1) is 14.5. The first kappa shape index (κ1) is 24.6. The highest BCUT2D eigenvalue weighted by atomic mass is 16.4. The van der Waals surface area contributed by atoms with Gasteiger partial charge in [-0.25, -0.2) is 0 Å². The molecule has 3 aliphatic carbocycles. The summed E-state index contributed by atoms with van der Waals surface area (Å²) in [7, 11) is 0. The number of aliphatic carboxylic acids is 2. The lowest BCUT2D eigenvalue weighted by Gasteiger charge is -2.55. The van der Waals surface area contributed by atoms with Crippen LogP contribution in [0.5, 0.6) is 0 Å². The van der Waals surface area contributed by atoms with Crippen molar-refractivity contribution in [2.75, 3.05) is 0 Å². The number of hydrogen-bond donors (Lipinski definition) is 2. The van der Waals surface area contributed by atoms with Crippen LogP contribution in [0.4, 0.5) is 0 Å². The highest BCUT2D eigenvalue weighted by molar-refractivity contribution is 5.73. The molecule has 0 aromatic carbocycles. The zero-order valence-corrected chi connectivity index (χ0v) is 20.5. The Balaban J connectivity index is 1.83. The maximum atomic E-state index is 12.7. The molecule has 178 valence electrons. The van der Waals surface area contributed by atoms with Crippen LogP contribution in [-0.2, 0) is 9.59 Å². The van der Waals surface area contributed by atoms with Gasteiger partial charge in [-0.3, -0.25) is 9.59 Å². The van der Waals surface area contributed by atoms with E-state index in [1.54, 1.807) is 0 Å². The molecule has 0 aromatic rings. The van der Waals surface area contributed by atoms with Gasteiger partial charge in [0.2, 0.25) is 0 Å². The van der Waals surface area contributed by atoms with Crippen LogP contribution in [-0.4, -0.2) is 22.2 Å². The number of carboxylic acid groups (broad SMARTS) is 2. The molecule has 8 unspecified atom stereocenters. The molecular weight excluding hydrogens is 388 g/mol. The Hall–Kier alpha value is -1.06. The third kappa shape index (κ3) is 4.55. The van der Waals surface area contributed by atoms with Crippen molar-refractivity contribution in [2.45, 2.75) is 105 Å². The van der Waals surface area contributed by atoms with Crippen molar-refractivity contribution in [1.29, 1.82) is 0 Å². The monoisotopic (exact) mass is 434 g/mol. The van der Waals surface area contributed by atoms with Crippen LogP contribution in [0.2, 0.25) is 0 Å². The van der Waals surface area contributed by atoms with Crippen molar-refractivity contribution < 1.29 is 19.8 Å². The molecule has 8 atom stereocenters. The molecule has 3 aliphatic rings. The Morgan fingerprint density at radius 1 is 0.839 bits per heavy atom. The molecule has 0 aliphatic heterocycles. The van der Waals surface area contributed by atoms with Crippen molar-refractivity contribution in [3.05, 3.63) is 0 Å². The molecule has 3 saturated carbocycles. The van der Waals surface area contributed by atoms with Crippen molar-refractivity contribution in [2.24, 2.45) is 52.3 Å². The van der Waals surface area contributed by atoms with Gasteiger partial charge in [-0.1, -0.05) is 66.7 Å². The molecule has 0 aromatic heterocycles. The van der Waals surface area contributed by atoms with Crippen LogP contribution >= 0.6 is 0 Å². The number of fused-ring (bicyclic) bond motifs is 1. The van der Waals surface area contributed by atoms with Gasteiger partial charge in [0, 0.05) is 0 Å². The van der Waals surface area contributed by atoms with Crippen LogP contribution in [0.25, 0.3) is 0 Å². The number of carboxylic acids is 2. The highest BCUT2D eigenvalue weighted by Crippen LogP contribution is 2.65. The van der Waals surface area contributed by atoms with Gasteiger partial charge >= 0.3 is 11.9 Å². The van der Waals surface area contributed by atoms with Gasteiger partial charge < -0.3 is 10.2 Å². The fraction of sp³-hybridized carbons (Fsp3) is 0.926. The molecule has 0 saturated heterocycles. The first-order valence-electron chi connectivity index (χ1n) is 13.0. The minimum absolute atomic E-state index is 0.0144. The standard InChI is InChI=1S/C27H46O4/c1-17(2)9-8-10-18(3)19-12-13-20-23(25(30)31)21(14-16-27(19,20)5)26(4)15-7-6-11-22(26)24(28)29/h17-23H,6-16H2,1-5H3,(H,28,29)(H,30,31). The summed E-state index contributed by atoms with van der Waals surface area (Å²) in [6.45, 7) is 11.4. The first-order valence-corrected chi connectivity index (χ1v) is 13.0. The van der Waals surface area contributed by atoms with Gasteiger partial charge in [0.25, 0.3) is 0 Å². The molecule has 0 bridgehead atoms. The topological polar surface area (TPSA) is 74.6 Å². The Kier molecular flexibility index (Phi) is 7.48. The van der Waals surface area contributed by atoms with Crippen molar-refractivity contribution >= 4 is 11.9 Å². The summed E-state index contributed by atoms with van der Waals surface area (Å²) in [5.41, 5.74) is -0.310. The second-order valence-corrected chi connectivity index (χ2v) is 12.2. The van der Waals surface area contributed by atoms with Crippen molar-refractivity contribution in [3.8, 4) is 0 Å². The molecule has 4 heteroatoms. The van der Waals surface area contributed by atoms with E-state index >= 15 is 0 Å². The molecule has 2 N–H and O–H groups in total. The van der Waals surface area contributed by atoms with E-state index in [9.17, 15) is 19.8 Å². The molecule has 0 radical (unpaired) electrons. The Labute approximate surface area is 189 Å². The minimum Gasteiger partial charge on any atom is -0.481 e.